The van der Waals surface area contributed by atoms with Crippen LogP contribution in [0.3, 0.4) is 0 Å². The molecule has 28 heavy (non-hydrogen) atoms. The van der Waals surface area contributed by atoms with Crippen molar-refractivity contribution in [2.45, 2.75) is 32.2 Å². The third-order valence-electron chi connectivity index (χ3n) is 5.60. The average molecular weight is 401 g/mol. The average Bonchev–Trinajstić information content (AvgIpc) is 3.14. The maximum atomic E-state index is 12.8. The number of hydrogen-bond acceptors (Lipinski definition) is 5. The van der Waals surface area contributed by atoms with Gasteiger partial charge in [-0.3, -0.25) is 9.69 Å². The molecule has 0 radical (unpaired) electrons. The zero-order valence-electron chi connectivity index (χ0n) is 16.4. The molecule has 3 heterocycles. The Hall–Kier alpha value is -2.05. The van der Waals surface area contributed by atoms with Gasteiger partial charge in [-0.25, -0.2) is 0 Å². The second kappa shape index (κ2) is 8.97. The molecule has 1 amide bonds. The molecule has 5 nitrogen and oxygen atoms in total. The molecule has 0 spiro atoms. The number of rotatable bonds is 5. The molecule has 1 saturated heterocycles. The zero-order chi connectivity index (χ0) is 19.3. The van der Waals surface area contributed by atoms with Crippen LogP contribution in [0.2, 0.25) is 0 Å². The fraction of sp³-hybridized carbons (Fsp3) is 0.500. The van der Waals surface area contributed by atoms with Crippen LogP contribution < -0.4 is 14.8 Å². The van der Waals surface area contributed by atoms with Gasteiger partial charge >= 0.3 is 0 Å². The smallest absolute Gasteiger partial charge is 0.251 e. The lowest BCUT2D eigenvalue weighted by Gasteiger charge is -2.36. The Morgan fingerprint density at radius 2 is 2.00 bits per heavy atom. The molecular formula is C22H28N2O3S. The normalized spacial score (nSPS) is 19.0. The second-order valence-corrected chi connectivity index (χ2v) is 8.65. The maximum absolute atomic E-state index is 12.8. The summed E-state index contributed by atoms with van der Waals surface area (Å²) in [6, 6.07) is 9.93. The van der Waals surface area contributed by atoms with Gasteiger partial charge in [0.05, 0.1) is 19.3 Å². The van der Waals surface area contributed by atoms with Crippen molar-refractivity contribution in [2.24, 2.45) is 5.92 Å². The molecule has 1 aromatic heterocycles. The van der Waals surface area contributed by atoms with Crippen LogP contribution in [0.25, 0.3) is 0 Å². The zero-order valence-corrected chi connectivity index (χ0v) is 17.2. The van der Waals surface area contributed by atoms with Gasteiger partial charge in [-0.05, 0) is 61.5 Å². The molecule has 0 unspecified atom stereocenters. The highest BCUT2D eigenvalue weighted by Crippen LogP contribution is 2.31. The van der Waals surface area contributed by atoms with E-state index in [4.69, 9.17) is 9.47 Å². The van der Waals surface area contributed by atoms with Gasteiger partial charge in [0.25, 0.3) is 5.91 Å². The van der Waals surface area contributed by atoms with E-state index >= 15 is 0 Å². The number of likely N-dealkylation sites (tertiary alicyclic amines) is 1. The Morgan fingerprint density at radius 1 is 1.21 bits per heavy atom. The highest BCUT2D eigenvalue weighted by molar-refractivity contribution is 7.10. The van der Waals surface area contributed by atoms with Crippen molar-refractivity contribution < 1.29 is 14.3 Å². The number of nitrogens with one attached hydrogen (secondary N) is 1. The SMILES string of the molecule is CC1CCN([C@@H](CNC(=O)c2ccc3c(c2)OCCCO3)c2cccs2)CC1. The van der Waals surface area contributed by atoms with E-state index in [1.807, 2.05) is 12.1 Å². The van der Waals surface area contributed by atoms with E-state index in [0.29, 0.717) is 36.8 Å². The highest BCUT2D eigenvalue weighted by Gasteiger charge is 2.26. The minimum atomic E-state index is -0.0671. The van der Waals surface area contributed by atoms with Crippen molar-refractivity contribution >= 4 is 17.2 Å². The monoisotopic (exact) mass is 400 g/mol. The van der Waals surface area contributed by atoms with Crippen molar-refractivity contribution in [2.75, 3.05) is 32.8 Å². The first-order valence-corrected chi connectivity index (χ1v) is 11.0. The lowest BCUT2D eigenvalue weighted by molar-refractivity contribution is 0.0914. The molecule has 2 aliphatic rings. The quantitative estimate of drug-likeness (QED) is 0.821. The van der Waals surface area contributed by atoms with Crippen molar-refractivity contribution in [3.05, 3.63) is 46.2 Å². The van der Waals surface area contributed by atoms with E-state index in [9.17, 15) is 4.79 Å². The van der Waals surface area contributed by atoms with Crippen LogP contribution in [0.15, 0.2) is 35.7 Å². The minimum Gasteiger partial charge on any atom is -0.490 e. The molecule has 6 heteroatoms. The van der Waals surface area contributed by atoms with Crippen LogP contribution in [0.5, 0.6) is 11.5 Å². The van der Waals surface area contributed by atoms with Gasteiger partial charge in [0.2, 0.25) is 0 Å². The first kappa shape index (κ1) is 19.3. The van der Waals surface area contributed by atoms with Gasteiger partial charge in [0.15, 0.2) is 11.5 Å². The summed E-state index contributed by atoms with van der Waals surface area (Å²) in [6.45, 7) is 6.38. The summed E-state index contributed by atoms with van der Waals surface area (Å²) in [6.07, 6.45) is 3.29. The van der Waals surface area contributed by atoms with Crippen molar-refractivity contribution in [1.29, 1.82) is 0 Å². The molecule has 150 valence electrons. The number of nitrogens with zero attached hydrogens (tertiary/aromatic N) is 1. The largest absolute Gasteiger partial charge is 0.490 e. The molecular weight excluding hydrogens is 372 g/mol. The topological polar surface area (TPSA) is 50.8 Å². The van der Waals surface area contributed by atoms with Crippen LogP contribution in [0, 0.1) is 5.92 Å². The Bertz CT molecular complexity index is 785. The number of benzene rings is 1. The summed E-state index contributed by atoms with van der Waals surface area (Å²) in [5, 5.41) is 5.26. The summed E-state index contributed by atoms with van der Waals surface area (Å²) in [4.78, 5) is 16.6. The number of piperidine rings is 1. The summed E-state index contributed by atoms with van der Waals surface area (Å²) < 4.78 is 11.4. The fourth-order valence-corrected chi connectivity index (χ4v) is 4.69. The Labute approximate surface area is 170 Å². The number of amides is 1. The van der Waals surface area contributed by atoms with E-state index in [1.165, 1.54) is 17.7 Å². The lowest BCUT2D eigenvalue weighted by Crippen LogP contribution is -2.41. The van der Waals surface area contributed by atoms with Gasteiger partial charge in [-0.1, -0.05) is 13.0 Å². The van der Waals surface area contributed by atoms with E-state index in [2.05, 4.69) is 34.7 Å². The van der Waals surface area contributed by atoms with E-state index in [1.54, 1.807) is 17.4 Å². The number of hydrogen-bond donors (Lipinski definition) is 1. The lowest BCUT2D eigenvalue weighted by atomic mass is 9.97. The van der Waals surface area contributed by atoms with Crippen molar-refractivity contribution in [1.82, 2.24) is 10.2 Å². The van der Waals surface area contributed by atoms with Crippen LogP contribution in [-0.4, -0.2) is 43.7 Å². The number of carbonyl (C=O) groups is 1. The standard InChI is InChI=1S/C22H28N2O3S/c1-16-7-9-24(10-8-16)18(21-4-2-13-28-21)15-23-22(25)17-5-6-19-20(14-17)27-12-3-11-26-19/h2,4-6,13-14,16,18H,3,7-12,15H2,1H3,(H,23,25)/t18-/m0/s1. The molecule has 1 aromatic carbocycles. The first-order chi connectivity index (χ1) is 13.7. The maximum Gasteiger partial charge on any atom is 0.251 e. The molecule has 0 bridgehead atoms. The third kappa shape index (κ3) is 4.50. The number of carbonyl (C=O) groups excluding carboxylic acids is 1. The number of ether oxygens (including phenoxy) is 2. The predicted molar refractivity (Wildman–Crippen MR) is 111 cm³/mol. The van der Waals surface area contributed by atoms with Gasteiger partial charge < -0.3 is 14.8 Å². The molecule has 1 fully saturated rings. The van der Waals surface area contributed by atoms with Crippen molar-refractivity contribution in [3.8, 4) is 11.5 Å². The Morgan fingerprint density at radius 3 is 2.75 bits per heavy atom. The van der Waals surface area contributed by atoms with Crippen LogP contribution >= 0.6 is 11.3 Å². The predicted octanol–water partition coefficient (Wildman–Crippen LogP) is 4.11. The second-order valence-electron chi connectivity index (χ2n) is 7.67. The first-order valence-electron chi connectivity index (χ1n) is 10.2. The molecule has 2 aliphatic heterocycles. The third-order valence-corrected chi connectivity index (χ3v) is 6.57. The summed E-state index contributed by atoms with van der Waals surface area (Å²) in [7, 11) is 0. The number of thiophene rings is 1. The Balaban J connectivity index is 1.43. The summed E-state index contributed by atoms with van der Waals surface area (Å²) in [5.74, 6) is 2.09. The van der Waals surface area contributed by atoms with E-state index < -0.39 is 0 Å². The van der Waals surface area contributed by atoms with Crippen molar-refractivity contribution in [3.63, 3.8) is 0 Å². The van der Waals surface area contributed by atoms with Crippen LogP contribution in [0.4, 0.5) is 0 Å². The molecule has 0 saturated carbocycles. The molecule has 0 aliphatic carbocycles. The van der Waals surface area contributed by atoms with E-state index in [0.717, 1.165) is 25.4 Å². The van der Waals surface area contributed by atoms with Crippen LogP contribution in [0.1, 0.15) is 47.5 Å². The Kier molecular flexibility index (Phi) is 6.17. The molecule has 1 atom stereocenters. The highest BCUT2D eigenvalue weighted by atomic mass is 32.1. The van der Waals surface area contributed by atoms with Gasteiger partial charge in [-0.15, -0.1) is 11.3 Å². The molecule has 4 rings (SSSR count). The van der Waals surface area contributed by atoms with E-state index in [-0.39, 0.29) is 11.9 Å². The fourth-order valence-electron chi connectivity index (χ4n) is 3.83. The van der Waals surface area contributed by atoms with Gasteiger partial charge in [0, 0.05) is 23.4 Å². The minimum absolute atomic E-state index is 0.0671. The molecule has 1 N–H and O–H groups in total. The molecule has 2 aromatic rings. The summed E-state index contributed by atoms with van der Waals surface area (Å²) in [5.41, 5.74) is 0.612. The van der Waals surface area contributed by atoms with Gasteiger partial charge in [-0.2, -0.15) is 0 Å². The summed E-state index contributed by atoms with van der Waals surface area (Å²) >= 11 is 1.76. The number of fused-ring (bicyclic) bond motifs is 1. The van der Waals surface area contributed by atoms with Crippen LogP contribution in [-0.2, 0) is 0 Å². The van der Waals surface area contributed by atoms with Gasteiger partial charge in [0.1, 0.15) is 0 Å².